The monoisotopic (exact) mass is 432 g/mol. The molecule has 0 N–H and O–H groups in total. The molecular weight excluding hydrogens is 404 g/mol. The maximum absolute atomic E-state index is 6.01. The summed E-state index contributed by atoms with van der Waals surface area (Å²) < 4.78 is 21.8. The van der Waals surface area contributed by atoms with Gasteiger partial charge in [0.1, 0.15) is 0 Å². The first-order chi connectivity index (χ1) is 15.8. The van der Waals surface area contributed by atoms with Gasteiger partial charge in [-0.2, -0.15) is 0 Å². The van der Waals surface area contributed by atoms with Crippen molar-refractivity contribution in [2.45, 2.75) is 39.7 Å². The molecule has 0 aliphatic carbocycles. The molecule has 0 bridgehead atoms. The van der Waals surface area contributed by atoms with E-state index in [9.17, 15) is 0 Å². The Hall–Kier alpha value is -3.26. The maximum Gasteiger partial charge on any atom is 0.272 e. The normalized spacial score (nSPS) is 11.3. The molecule has 4 rings (SSSR count). The second-order valence-corrected chi connectivity index (χ2v) is 7.37. The van der Waals surface area contributed by atoms with E-state index in [1.54, 1.807) is 12.4 Å². The zero-order chi connectivity index (χ0) is 22.0. The lowest BCUT2D eigenvalue weighted by Crippen LogP contribution is -2.22. The maximum atomic E-state index is 6.01. The topological polar surface area (TPSA) is 63.3 Å². The summed E-state index contributed by atoms with van der Waals surface area (Å²) in [5.74, 6) is 0. The van der Waals surface area contributed by atoms with Crippen molar-refractivity contribution < 1.29 is 14.2 Å². The van der Waals surface area contributed by atoms with Crippen molar-refractivity contribution in [3.05, 3.63) is 108 Å². The highest BCUT2D eigenvalue weighted by molar-refractivity contribution is 5.27. The minimum atomic E-state index is -0.748. The molecule has 0 radical (unpaired) electrons. The third-order valence-corrected chi connectivity index (χ3v) is 5.11. The lowest BCUT2D eigenvalue weighted by atomic mass is 10.1. The predicted molar refractivity (Wildman–Crippen MR) is 121 cm³/mol. The van der Waals surface area contributed by atoms with Crippen molar-refractivity contribution in [3.63, 3.8) is 0 Å². The van der Waals surface area contributed by atoms with Crippen LogP contribution in [0, 0.1) is 0 Å². The van der Waals surface area contributed by atoms with Crippen molar-refractivity contribution in [1.82, 2.24) is 19.1 Å². The molecule has 0 atom stereocenters. The van der Waals surface area contributed by atoms with E-state index < -0.39 is 6.48 Å². The molecule has 2 heterocycles. The van der Waals surface area contributed by atoms with Crippen LogP contribution in [0.15, 0.2) is 86.0 Å². The van der Waals surface area contributed by atoms with Crippen molar-refractivity contribution in [2.75, 3.05) is 6.61 Å². The molecular formula is C25H28N4O3. The summed E-state index contributed by atoms with van der Waals surface area (Å²) in [6, 6.07) is 16.4. The molecule has 32 heavy (non-hydrogen) atoms. The first kappa shape index (κ1) is 22.0. The second kappa shape index (κ2) is 11.4. The van der Waals surface area contributed by atoms with Crippen molar-refractivity contribution in [3.8, 4) is 0 Å². The van der Waals surface area contributed by atoms with Gasteiger partial charge in [0, 0.05) is 44.5 Å². The second-order valence-electron chi connectivity index (χ2n) is 7.37. The fourth-order valence-electron chi connectivity index (χ4n) is 3.46. The predicted octanol–water partition coefficient (Wildman–Crippen LogP) is 4.23. The van der Waals surface area contributed by atoms with Gasteiger partial charge < -0.3 is 23.3 Å². The lowest BCUT2D eigenvalue weighted by molar-refractivity contribution is -0.296. The Morgan fingerprint density at radius 2 is 1.16 bits per heavy atom. The summed E-state index contributed by atoms with van der Waals surface area (Å²) >= 11 is 0. The van der Waals surface area contributed by atoms with Crippen LogP contribution in [-0.2, 0) is 40.5 Å². The SMILES string of the molecule is CCOC(OCc1ccccc1Cn1ccnc1)OCc1ccccc1Cn1ccnc1. The van der Waals surface area contributed by atoms with Crippen molar-refractivity contribution >= 4 is 0 Å². The molecule has 0 aliphatic rings. The first-order valence-electron chi connectivity index (χ1n) is 10.7. The molecule has 0 spiro atoms. The average Bonchev–Trinajstić information content (AvgIpc) is 3.52. The third kappa shape index (κ3) is 6.13. The fourth-order valence-corrected chi connectivity index (χ4v) is 3.46. The number of hydrogen-bond acceptors (Lipinski definition) is 5. The Labute approximate surface area is 188 Å². The molecule has 0 saturated carbocycles. The molecule has 2 aromatic heterocycles. The van der Waals surface area contributed by atoms with E-state index >= 15 is 0 Å². The largest absolute Gasteiger partial charge is 0.333 e. The molecule has 7 nitrogen and oxygen atoms in total. The number of benzene rings is 2. The van der Waals surface area contributed by atoms with Gasteiger partial charge in [-0.25, -0.2) is 9.97 Å². The Bertz CT molecular complexity index is 981. The first-order valence-corrected chi connectivity index (χ1v) is 10.7. The Kier molecular flexibility index (Phi) is 7.81. The number of hydrogen-bond donors (Lipinski definition) is 0. The van der Waals surface area contributed by atoms with E-state index in [1.165, 1.54) is 11.1 Å². The van der Waals surface area contributed by atoms with Crippen LogP contribution in [0.1, 0.15) is 29.2 Å². The number of aromatic nitrogens is 4. The summed E-state index contributed by atoms with van der Waals surface area (Å²) in [6.07, 6.45) is 11.1. The number of imidazole rings is 2. The van der Waals surface area contributed by atoms with E-state index in [0.717, 1.165) is 24.2 Å². The van der Waals surface area contributed by atoms with Crippen LogP contribution in [0.4, 0.5) is 0 Å². The van der Waals surface area contributed by atoms with Gasteiger partial charge >= 0.3 is 0 Å². The number of rotatable bonds is 12. The minimum absolute atomic E-state index is 0.395. The molecule has 2 aromatic carbocycles. The van der Waals surface area contributed by atoms with Gasteiger partial charge in [0.25, 0.3) is 6.48 Å². The van der Waals surface area contributed by atoms with Gasteiger partial charge in [-0.15, -0.1) is 0 Å². The van der Waals surface area contributed by atoms with Gasteiger partial charge in [-0.05, 0) is 29.2 Å². The van der Waals surface area contributed by atoms with Crippen LogP contribution in [0.3, 0.4) is 0 Å². The number of ether oxygens (including phenoxy) is 3. The molecule has 0 unspecified atom stereocenters. The van der Waals surface area contributed by atoms with Gasteiger partial charge in [0.2, 0.25) is 0 Å². The average molecular weight is 433 g/mol. The van der Waals surface area contributed by atoms with E-state index in [0.29, 0.717) is 19.8 Å². The Morgan fingerprint density at radius 1 is 0.688 bits per heavy atom. The molecule has 7 heteroatoms. The van der Waals surface area contributed by atoms with E-state index in [1.807, 2.05) is 65.4 Å². The summed E-state index contributed by atoms with van der Waals surface area (Å²) in [6.45, 7) is 3.95. The summed E-state index contributed by atoms with van der Waals surface area (Å²) in [4.78, 5) is 8.23. The Morgan fingerprint density at radius 3 is 1.56 bits per heavy atom. The third-order valence-electron chi connectivity index (χ3n) is 5.11. The molecule has 166 valence electrons. The highest BCUT2D eigenvalue weighted by atomic mass is 16.8. The quantitative estimate of drug-likeness (QED) is 0.314. The van der Waals surface area contributed by atoms with E-state index in [4.69, 9.17) is 14.2 Å². The number of nitrogens with zero attached hydrogens (tertiary/aromatic N) is 4. The van der Waals surface area contributed by atoms with Gasteiger partial charge in [0.15, 0.2) is 0 Å². The highest BCUT2D eigenvalue weighted by Crippen LogP contribution is 2.16. The molecule has 4 aromatic rings. The van der Waals surface area contributed by atoms with Crippen molar-refractivity contribution in [2.24, 2.45) is 0 Å². The van der Waals surface area contributed by atoms with Crippen LogP contribution < -0.4 is 0 Å². The fraction of sp³-hybridized carbons (Fsp3) is 0.280. The smallest absolute Gasteiger partial charge is 0.272 e. The zero-order valence-electron chi connectivity index (χ0n) is 18.2. The van der Waals surface area contributed by atoms with Gasteiger partial charge in [-0.3, -0.25) is 0 Å². The molecule has 0 fully saturated rings. The zero-order valence-corrected chi connectivity index (χ0v) is 18.2. The lowest BCUT2D eigenvalue weighted by Gasteiger charge is -2.20. The molecule has 0 saturated heterocycles. The van der Waals surface area contributed by atoms with Crippen LogP contribution in [0.5, 0.6) is 0 Å². The van der Waals surface area contributed by atoms with Crippen LogP contribution >= 0.6 is 0 Å². The molecule has 0 amide bonds. The van der Waals surface area contributed by atoms with Gasteiger partial charge in [-0.1, -0.05) is 48.5 Å². The minimum Gasteiger partial charge on any atom is -0.333 e. The van der Waals surface area contributed by atoms with Crippen LogP contribution in [0.2, 0.25) is 0 Å². The highest BCUT2D eigenvalue weighted by Gasteiger charge is 2.13. The standard InChI is InChI=1S/C25H28N4O3/c1-2-30-25(31-17-23-9-5-3-7-21(23)15-28-13-11-26-19-28)32-18-24-10-6-4-8-22(24)16-29-14-12-27-20-29/h3-14,19-20,25H,2,15-18H2,1H3. The summed E-state index contributed by atoms with van der Waals surface area (Å²) in [5.41, 5.74) is 4.53. The van der Waals surface area contributed by atoms with E-state index in [2.05, 4.69) is 34.2 Å². The van der Waals surface area contributed by atoms with E-state index in [-0.39, 0.29) is 0 Å². The van der Waals surface area contributed by atoms with Crippen LogP contribution in [0.25, 0.3) is 0 Å². The molecule has 0 aliphatic heterocycles. The summed E-state index contributed by atoms with van der Waals surface area (Å²) in [5, 5.41) is 0. The Balaban J connectivity index is 1.37. The summed E-state index contributed by atoms with van der Waals surface area (Å²) in [7, 11) is 0. The van der Waals surface area contributed by atoms with Crippen LogP contribution in [-0.4, -0.2) is 32.2 Å². The van der Waals surface area contributed by atoms with Crippen molar-refractivity contribution in [1.29, 1.82) is 0 Å². The van der Waals surface area contributed by atoms with Gasteiger partial charge in [0.05, 0.1) is 25.9 Å².